The summed E-state index contributed by atoms with van der Waals surface area (Å²) in [7, 11) is 0. The Hall–Kier alpha value is -3.56. The molecule has 1 aliphatic heterocycles. The van der Waals surface area contributed by atoms with Crippen LogP contribution in [-0.4, -0.2) is 45.2 Å². The number of ether oxygens (including phenoxy) is 1. The standard InChI is InChI=1S/C19H14F3N3O4/c20-13-8-12(14(21)16(26)15(13)22)18-23-17(24-29-18)19(27)25-7-6-11(9-25)28-10-4-2-1-3-5-10/h1-5,8,11,26H,6-7,9H2. The molecular weight excluding hydrogens is 391 g/mol. The Morgan fingerprint density at radius 3 is 2.72 bits per heavy atom. The van der Waals surface area contributed by atoms with Crippen molar-refractivity contribution in [2.45, 2.75) is 12.5 Å². The fraction of sp³-hybridized carbons (Fsp3) is 0.211. The second-order valence-electron chi connectivity index (χ2n) is 6.40. The van der Waals surface area contributed by atoms with E-state index < -0.39 is 40.6 Å². The summed E-state index contributed by atoms with van der Waals surface area (Å²) >= 11 is 0. The van der Waals surface area contributed by atoms with E-state index in [2.05, 4.69) is 10.1 Å². The lowest BCUT2D eigenvalue weighted by Crippen LogP contribution is -2.31. The summed E-state index contributed by atoms with van der Waals surface area (Å²) in [5.74, 6) is -7.03. The number of hydrogen-bond donors (Lipinski definition) is 1. The molecule has 3 aromatic rings. The average Bonchev–Trinajstić information content (AvgIpc) is 3.39. The Kier molecular flexibility index (Phi) is 4.83. The average molecular weight is 405 g/mol. The van der Waals surface area contributed by atoms with Gasteiger partial charge in [-0.2, -0.15) is 9.37 Å². The number of aromatic nitrogens is 2. The molecule has 29 heavy (non-hydrogen) atoms. The molecule has 10 heteroatoms. The maximum atomic E-state index is 14.0. The van der Waals surface area contributed by atoms with Crippen LogP contribution in [-0.2, 0) is 0 Å². The van der Waals surface area contributed by atoms with Gasteiger partial charge in [-0.25, -0.2) is 8.78 Å². The maximum absolute atomic E-state index is 14.0. The Morgan fingerprint density at radius 1 is 1.21 bits per heavy atom. The molecule has 1 aromatic heterocycles. The number of rotatable bonds is 4. The number of carbonyl (C=O) groups is 1. The zero-order valence-corrected chi connectivity index (χ0v) is 14.8. The van der Waals surface area contributed by atoms with Crippen LogP contribution in [0.2, 0.25) is 0 Å². The van der Waals surface area contributed by atoms with Crippen LogP contribution in [0.15, 0.2) is 40.9 Å². The SMILES string of the molecule is O=C(c1noc(-c2cc(F)c(F)c(O)c2F)n1)N1CCC(Oc2ccccc2)C1. The molecule has 0 saturated carbocycles. The molecule has 0 bridgehead atoms. The highest BCUT2D eigenvalue weighted by molar-refractivity contribution is 5.91. The quantitative estimate of drug-likeness (QED) is 0.671. The zero-order valence-electron chi connectivity index (χ0n) is 14.8. The molecule has 2 heterocycles. The molecule has 150 valence electrons. The fourth-order valence-corrected chi connectivity index (χ4v) is 3.01. The number of halogens is 3. The third-order valence-electron chi connectivity index (χ3n) is 4.46. The molecule has 0 radical (unpaired) electrons. The van der Waals surface area contributed by atoms with E-state index in [9.17, 15) is 23.1 Å². The molecule has 0 aliphatic carbocycles. The number of nitrogens with zero attached hydrogens (tertiary/aromatic N) is 3. The van der Waals surface area contributed by atoms with E-state index in [4.69, 9.17) is 9.26 Å². The third kappa shape index (κ3) is 3.60. The normalized spacial score (nSPS) is 16.2. The van der Waals surface area contributed by atoms with Crippen LogP contribution in [0.25, 0.3) is 11.5 Å². The van der Waals surface area contributed by atoms with Crippen molar-refractivity contribution in [1.82, 2.24) is 15.0 Å². The van der Waals surface area contributed by atoms with E-state index in [1.165, 1.54) is 4.90 Å². The van der Waals surface area contributed by atoms with Gasteiger partial charge in [-0.05, 0) is 18.2 Å². The first-order valence-corrected chi connectivity index (χ1v) is 8.65. The molecule has 1 unspecified atom stereocenters. The van der Waals surface area contributed by atoms with Gasteiger partial charge in [0.25, 0.3) is 17.6 Å². The Bertz CT molecular complexity index is 1060. The number of benzene rings is 2. The van der Waals surface area contributed by atoms with Crippen molar-refractivity contribution in [2.24, 2.45) is 0 Å². The first-order chi connectivity index (χ1) is 13.9. The summed E-state index contributed by atoms with van der Waals surface area (Å²) in [6.07, 6.45) is 0.380. The predicted octanol–water partition coefficient (Wildman–Crippen LogP) is 3.15. The highest BCUT2D eigenvalue weighted by Crippen LogP contribution is 2.31. The summed E-state index contributed by atoms with van der Waals surface area (Å²) in [4.78, 5) is 17.8. The number of hydrogen-bond acceptors (Lipinski definition) is 6. The minimum Gasteiger partial charge on any atom is -0.503 e. The van der Waals surface area contributed by atoms with E-state index in [1.807, 2.05) is 30.3 Å². The second-order valence-corrected chi connectivity index (χ2v) is 6.40. The van der Waals surface area contributed by atoms with Gasteiger partial charge in [-0.3, -0.25) is 4.79 Å². The Labute approximate surface area is 162 Å². The molecule has 1 aliphatic rings. The highest BCUT2D eigenvalue weighted by atomic mass is 19.2. The summed E-state index contributed by atoms with van der Waals surface area (Å²) in [5.41, 5.74) is -0.653. The fourth-order valence-electron chi connectivity index (χ4n) is 3.01. The number of likely N-dealkylation sites (tertiary alicyclic amines) is 1. The van der Waals surface area contributed by atoms with E-state index in [0.717, 1.165) is 0 Å². The Morgan fingerprint density at radius 2 is 1.97 bits per heavy atom. The number of phenolic OH excluding ortho intramolecular Hbond substituents is 1. The lowest BCUT2D eigenvalue weighted by Gasteiger charge is -2.15. The second kappa shape index (κ2) is 7.46. The highest BCUT2D eigenvalue weighted by Gasteiger charge is 2.31. The number of amides is 1. The van der Waals surface area contributed by atoms with Crippen LogP contribution in [0, 0.1) is 17.5 Å². The van der Waals surface area contributed by atoms with Gasteiger partial charge in [0.2, 0.25) is 5.82 Å². The first-order valence-electron chi connectivity index (χ1n) is 8.65. The van der Waals surface area contributed by atoms with Crippen molar-refractivity contribution < 1.29 is 32.3 Å². The monoisotopic (exact) mass is 405 g/mol. The number of phenols is 1. The summed E-state index contributed by atoms with van der Waals surface area (Å²) < 4.78 is 51.3. The minimum atomic E-state index is -1.73. The van der Waals surface area contributed by atoms with E-state index >= 15 is 0 Å². The van der Waals surface area contributed by atoms with Gasteiger partial charge in [0.1, 0.15) is 11.9 Å². The van der Waals surface area contributed by atoms with Crippen molar-refractivity contribution in [2.75, 3.05) is 13.1 Å². The van der Waals surface area contributed by atoms with Crippen LogP contribution < -0.4 is 4.74 Å². The van der Waals surface area contributed by atoms with Crippen LogP contribution in [0.3, 0.4) is 0 Å². The van der Waals surface area contributed by atoms with Crippen molar-refractivity contribution >= 4 is 5.91 Å². The molecule has 1 atom stereocenters. The largest absolute Gasteiger partial charge is 0.503 e. The van der Waals surface area contributed by atoms with Gasteiger partial charge in [0, 0.05) is 13.0 Å². The van der Waals surface area contributed by atoms with Gasteiger partial charge in [-0.15, -0.1) is 0 Å². The number of aromatic hydroxyl groups is 1. The van der Waals surface area contributed by atoms with Gasteiger partial charge in [-0.1, -0.05) is 23.4 Å². The van der Waals surface area contributed by atoms with Crippen LogP contribution in [0.1, 0.15) is 17.0 Å². The minimum absolute atomic E-state index is 0.215. The molecule has 1 N–H and O–H groups in total. The summed E-state index contributed by atoms with van der Waals surface area (Å²) in [6, 6.07) is 9.61. The number of para-hydroxylation sites is 1. The van der Waals surface area contributed by atoms with Crippen molar-refractivity contribution in [3.8, 4) is 23.0 Å². The molecule has 7 nitrogen and oxygen atoms in total. The van der Waals surface area contributed by atoms with Gasteiger partial charge in [0.15, 0.2) is 17.4 Å². The molecular formula is C19H14F3N3O4. The molecule has 1 saturated heterocycles. The summed E-state index contributed by atoms with van der Waals surface area (Å²) in [6.45, 7) is 0.679. The lowest BCUT2D eigenvalue weighted by molar-refractivity contribution is 0.0757. The van der Waals surface area contributed by atoms with E-state index in [-0.39, 0.29) is 18.5 Å². The van der Waals surface area contributed by atoms with E-state index in [1.54, 1.807) is 0 Å². The van der Waals surface area contributed by atoms with Gasteiger partial charge >= 0.3 is 0 Å². The maximum Gasteiger partial charge on any atom is 0.295 e. The smallest absolute Gasteiger partial charge is 0.295 e. The first kappa shape index (κ1) is 18.8. The topological polar surface area (TPSA) is 88.7 Å². The van der Waals surface area contributed by atoms with Crippen LogP contribution >= 0.6 is 0 Å². The lowest BCUT2D eigenvalue weighted by atomic mass is 10.2. The number of carbonyl (C=O) groups excluding carboxylic acids is 1. The third-order valence-corrected chi connectivity index (χ3v) is 4.46. The predicted molar refractivity (Wildman–Crippen MR) is 92.7 cm³/mol. The molecule has 4 rings (SSSR count). The molecule has 0 spiro atoms. The molecule has 1 amide bonds. The van der Waals surface area contributed by atoms with Crippen molar-refractivity contribution in [3.05, 3.63) is 59.7 Å². The van der Waals surface area contributed by atoms with E-state index in [0.29, 0.717) is 24.8 Å². The van der Waals surface area contributed by atoms with Gasteiger partial charge in [0.05, 0.1) is 12.1 Å². The zero-order chi connectivity index (χ0) is 20.5. The summed E-state index contributed by atoms with van der Waals surface area (Å²) in [5, 5.41) is 12.8. The molecule has 1 fully saturated rings. The Balaban J connectivity index is 1.48. The van der Waals surface area contributed by atoms with Crippen LogP contribution in [0.4, 0.5) is 13.2 Å². The van der Waals surface area contributed by atoms with Crippen molar-refractivity contribution in [3.63, 3.8) is 0 Å². The van der Waals surface area contributed by atoms with Gasteiger partial charge < -0.3 is 19.3 Å². The van der Waals surface area contributed by atoms with Crippen LogP contribution in [0.5, 0.6) is 11.5 Å². The van der Waals surface area contributed by atoms with Crippen molar-refractivity contribution in [1.29, 1.82) is 0 Å². The molecule has 2 aromatic carbocycles.